The molecular formula is C23H22Cl2N6O4S. The van der Waals surface area contributed by atoms with Gasteiger partial charge in [-0.2, -0.15) is 5.10 Å². The normalized spacial score (nSPS) is 20.3. The highest BCUT2D eigenvalue weighted by Gasteiger charge is 2.45. The van der Waals surface area contributed by atoms with Gasteiger partial charge in [-0.15, -0.1) is 5.10 Å². The molecule has 5 rings (SSSR count). The Balaban J connectivity index is 1.41. The van der Waals surface area contributed by atoms with Crippen LogP contribution in [0.5, 0.6) is 0 Å². The molecule has 0 spiro atoms. The van der Waals surface area contributed by atoms with E-state index in [2.05, 4.69) is 30.7 Å². The lowest BCUT2D eigenvalue weighted by molar-refractivity contribution is 0.228. The number of sulfone groups is 1. The molecule has 0 saturated heterocycles. The molecule has 0 unspecified atom stereocenters. The molecule has 10 nitrogen and oxygen atoms in total. The second-order valence-corrected chi connectivity index (χ2v) is 11.8. The third-order valence-electron chi connectivity index (χ3n) is 6.53. The molecule has 1 aromatic carbocycles. The third kappa shape index (κ3) is 4.78. The lowest BCUT2D eigenvalue weighted by atomic mass is 9.70. The van der Waals surface area contributed by atoms with E-state index in [1.54, 1.807) is 24.4 Å². The van der Waals surface area contributed by atoms with Crippen LogP contribution in [0.2, 0.25) is 10.0 Å². The van der Waals surface area contributed by atoms with Crippen molar-refractivity contribution in [2.45, 2.75) is 47.7 Å². The molecule has 1 saturated carbocycles. The van der Waals surface area contributed by atoms with Crippen molar-refractivity contribution in [3.63, 3.8) is 0 Å². The lowest BCUT2D eigenvalue weighted by Gasteiger charge is -2.37. The number of pyridine rings is 1. The second-order valence-electron chi connectivity index (χ2n) is 8.77. The van der Waals surface area contributed by atoms with Gasteiger partial charge in [0, 0.05) is 24.4 Å². The lowest BCUT2D eigenvalue weighted by Crippen LogP contribution is -2.39. The monoisotopic (exact) mass is 548 g/mol. The Morgan fingerprint density at radius 1 is 1.06 bits per heavy atom. The summed E-state index contributed by atoms with van der Waals surface area (Å²) in [6.45, 7) is 0. The number of nitrogens with one attached hydrogen (secondary N) is 3. The van der Waals surface area contributed by atoms with Crippen molar-refractivity contribution >= 4 is 44.7 Å². The molecule has 3 aromatic heterocycles. The zero-order valence-electron chi connectivity index (χ0n) is 18.9. The van der Waals surface area contributed by atoms with E-state index >= 15 is 0 Å². The Hall–Kier alpha value is -3.15. The maximum absolute atomic E-state index is 13.4. The van der Waals surface area contributed by atoms with E-state index in [0.29, 0.717) is 43.7 Å². The van der Waals surface area contributed by atoms with Crippen molar-refractivity contribution in [2.24, 2.45) is 0 Å². The first kappa shape index (κ1) is 24.5. The molecule has 1 aliphatic carbocycles. The van der Waals surface area contributed by atoms with Crippen LogP contribution < -0.4 is 11.1 Å². The van der Waals surface area contributed by atoms with Crippen LogP contribution in [-0.4, -0.2) is 39.0 Å². The number of H-pyrrole nitrogens is 2. The molecule has 1 fully saturated rings. The van der Waals surface area contributed by atoms with Crippen molar-refractivity contribution in [2.75, 3.05) is 5.32 Å². The standard InChI is InChI=1S/C23H22Cl2N6O4S/c24-16-4-2-5-17(20(16)25)36(33,34)15-7-10-23(11-8-15,21-30-31-22(32)35-21)13-14-3-1-6-18(27-14)28-19-9-12-26-29-19/h1-6,9,12,15H,7-8,10-11,13H2,(H,31,32)(H2,26,27,28,29)/t15-,23-. The predicted octanol–water partition coefficient (Wildman–Crippen LogP) is 4.43. The molecular weight excluding hydrogens is 527 g/mol. The average molecular weight is 549 g/mol. The summed E-state index contributed by atoms with van der Waals surface area (Å²) in [5.41, 5.74) is 0.0294. The van der Waals surface area contributed by atoms with Gasteiger partial charge >= 0.3 is 5.76 Å². The zero-order valence-corrected chi connectivity index (χ0v) is 21.2. The summed E-state index contributed by atoms with van der Waals surface area (Å²) in [7, 11) is -3.72. The predicted molar refractivity (Wildman–Crippen MR) is 135 cm³/mol. The van der Waals surface area contributed by atoms with Gasteiger partial charge in [0.25, 0.3) is 0 Å². The fraction of sp³-hybridized carbons (Fsp3) is 0.304. The van der Waals surface area contributed by atoms with Gasteiger partial charge < -0.3 is 9.73 Å². The van der Waals surface area contributed by atoms with Crippen LogP contribution in [0.4, 0.5) is 11.6 Å². The Kier molecular flexibility index (Phi) is 6.62. The number of hydrogen-bond donors (Lipinski definition) is 3. The van der Waals surface area contributed by atoms with Crippen LogP contribution in [-0.2, 0) is 21.7 Å². The molecule has 0 radical (unpaired) electrons. The summed E-state index contributed by atoms with van der Waals surface area (Å²) >= 11 is 12.3. The summed E-state index contributed by atoms with van der Waals surface area (Å²) < 4.78 is 32.2. The number of rotatable bonds is 7. The van der Waals surface area contributed by atoms with Crippen LogP contribution in [0.1, 0.15) is 37.3 Å². The van der Waals surface area contributed by atoms with Crippen molar-refractivity contribution in [1.29, 1.82) is 0 Å². The van der Waals surface area contributed by atoms with Gasteiger partial charge in [0.05, 0.1) is 25.6 Å². The van der Waals surface area contributed by atoms with Gasteiger partial charge in [0.15, 0.2) is 15.7 Å². The van der Waals surface area contributed by atoms with Crippen molar-refractivity contribution in [3.05, 3.63) is 80.8 Å². The van der Waals surface area contributed by atoms with Gasteiger partial charge in [0.2, 0.25) is 5.89 Å². The fourth-order valence-electron chi connectivity index (χ4n) is 4.72. The largest absolute Gasteiger partial charge is 0.434 e. The minimum atomic E-state index is -3.72. The van der Waals surface area contributed by atoms with Gasteiger partial charge in [0.1, 0.15) is 5.82 Å². The third-order valence-corrected chi connectivity index (χ3v) is 9.76. The molecule has 36 heavy (non-hydrogen) atoms. The number of anilines is 2. The van der Waals surface area contributed by atoms with Gasteiger partial charge in [-0.25, -0.2) is 23.3 Å². The summed E-state index contributed by atoms with van der Waals surface area (Å²) in [6.07, 6.45) is 3.59. The van der Waals surface area contributed by atoms with Crippen LogP contribution in [0, 0.1) is 0 Å². The highest BCUT2D eigenvalue weighted by molar-refractivity contribution is 7.92. The minimum absolute atomic E-state index is 0.0271. The number of benzene rings is 1. The molecule has 3 N–H and O–H groups in total. The molecule has 0 amide bonds. The first-order chi connectivity index (χ1) is 17.3. The SMILES string of the molecule is O=c1[nH]nc([C@]2(Cc3cccc(Nc4cc[nH]n4)n3)CC[C@@H](S(=O)(=O)c3cccc(Cl)c3Cl)CC2)o1. The second kappa shape index (κ2) is 9.72. The van der Waals surface area contributed by atoms with E-state index in [0.717, 1.165) is 5.69 Å². The van der Waals surface area contributed by atoms with E-state index in [1.165, 1.54) is 6.07 Å². The summed E-state index contributed by atoms with van der Waals surface area (Å²) in [5, 5.41) is 15.9. The van der Waals surface area contributed by atoms with Gasteiger partial charge in [-0.3, -0.25) is 5.10 Å². The molecule has 0 bridgehead atoms. The van der Waals surface area contributed by atoms with E-state index in [9.17, 15) is 13.2 Å². The molecule has 0 atom stereocenters. The highest BCUT2D eigenvalue weighted by atomic mass is 35.5. The number of hydrogen-bond acceptors (Lipinski definition) is 8. The maximum Gasteiger partial charge on any atom is 0.434 e. The van der Waals surface area contributed by atoms with E-state index in [4.69, 9.17) is 27.6 Å². The van der Waals surface area contributed by atoms with Gasteiger partial charge in [-0.1, -0.05) is 35.3 Å². The number of aromatic amines is 2. The minimum Gasteiger partial charge on any atom is -0.392 e. The van der Waals surface area contributed by atoms with Crippen LogP contribution >= 0.6 is 23.2 Å². The molecule has 188 valence electrons. The average Bonchev–Trinajstić information content (AvgIpc) is 3.53. The van der Waals surface area contributed by atoms with Crippen molar-refractivity contribution in [3.8, 4) is 0 Å². The molecule has 4 aromatic rings. The number of aromatic nitrogens is 5. The molecule has 13 heteroatoms. The number of halogens is 2. The zero-order chi connectivity index (χ0) is 25.3. The fourth-order valence-corrected chi connectivity index (χ4v) is 7.24. The van der Waals surface area contributed by atoms with Crippen molar-refractivity contribution in [1.82, 2.24) is 25.4 Å². The van der Waals surface area contributed by atoms with Crippen LogP contribution in [0.25, 0.3) is 0 Å². The summed E-state index contributed by atoms with van der Waals surface area (Å²) in [5.74, 6) is 0.812. The molecule has 3 heterocycles. The smallest absolute Gasteiger partial charge is 0.392 e. The Morgan fingerprint density at radius 2 is 1.83 bits per heavy atom. The van der Waals surface area contributed by atoms with E-state index in [-0.39, 0.29) is 20.8 Å². The van der Waals surface area contributed by atoms with Gasteiger partial charge in [-0.05, 0) is 49.9 Å². The summed E-state index contributed by atoms with van der Waals surface area (Å²) in [4.78, 5) is 16.5. The van der Waals surface area contributed by atoms with Crippen LogP contribution in [0.3, 0.4) is 0 Å². The quantitative estimate of drug-likeness (QED) is 0.307. The first-order valence-corrected chi connectivity index (χ1v) is 13.5. The number of nitrogens with zero attached hydrogens (tertiary/aromatic N) is 3. The van der Waals surface area contributed by atoms with E-state index in [1.807, 2.05) is 18.2 Å². The Labute approximate surface area is 216 Å². The summed E-state index contributed by atoms with van der Waals surface area (Å²) in [6, 6.07) is 11.9. The van der Waals surface area contributed by atoms with Crippen molar-refractivity contribution < 1.29 is 12.8 Å². The first-order valence-electron chi connectivity index (χ1n) is 11.2. The van der Waals surface area contributed by atoms with Crippen LogP contribution in [0.15, 0.2) is 62.8 Å². The maximum atomic E-state index is 13.4. The topological polar surface area (TPSA) is 147 Å². The molecule has 1 aliphatic rings. The Morgan fingerprint density at radius 3 is 2.53 bits per heavy atom. The highest BCUT2D eigenvalue weighted by Crippen LogP contribution is 2.44. The Bertz CT molecular complexity index is 1530. The molecule has 0 aliphatic heterocycles. The van der Waals surface area contributed by atoms with E-state index < -0.39 is 26.3 Å².